The summed E-state index contributed by atoms with van der Waals surface area (Å²) in [6.45, 7) is 2.36. The highest BCUT2D eigenvalue weighted by atomic mass is 16.2. The van der Waals surface area contributed by atoms with Gasteiger partial charge < -0.3 is 14.8 Å². The number of aryl methyl sites for hydroxylation is 2. The van der Waals surface area contributed by atoms with Gasteiger partial charge in [-0.1, -0.05) is 36.4 Å². The molecule has 1 fully saturated rings. The molecule has 2 aliphatic heterocycles. The topological polar surface area (TPSA) is 52.2 Å². The van der Waals surface area contributed by atoms with Crippen molar-refractivity contribution in [1.82, 2.24) is 14.9 Å². The molecule has 5 rings (SSSR count). The van der Waals surface area contributed by atoms with Crippen molar-refractivity contribution in [3.63, 3.8) is 0 Å². The number of piperidine rings is 1. The summed E-state index contributed by atoms with van der Waals surface area (Å²) >= 11 is 0. The Balaban J connectivity index is 1.28. The number of nitrogens with one attached hydrogen (secondary N) is 1. The van der Waals surface area contributed by atoms with Crippen molar-refractivity contribution in [2.45, 2.75) is 38.0 Å². The van der Waals surface area contributed by atoms with Crippen molar-refractivity contribution in [3.8, 4) is 0 Å². The summed E-state index contributed by atoms with van der Waals surface area (Å²) in [5.41, 5.74) is 6.33. The molecule has 0 unspecified atom stereocenters. The first-order chi connectivity index (χ1) is 14.8. The van der Waals surface area contributed by atoms with Gasteiger partial charge in [-0.2, -0.15) is 0 Å². The van der Waals surface area contributed by atoms with Gasteiger partial charge in [-0.3, -0.25) is 4.79 Å². The van der Waals surface area contributed by atoms with E-state index in [1.54, 1.807) is 6.33 Å². The maximum absolute atomic E-state index is 13.0. The van der Waals surface area contributed by atoms with Gasteiger partial charge in [-0.15, -0.1) is 0 Å². The number of aromatic amines is 1. The molecule has 1 N–H and O–H groups in total. The Bertz CT molecular complexity index is 958. The Morgan fingerprint density at radius 2 is 1.60 bits per heavy atom. The summed E-state index contributed by atoms with van der Waals surface area (Å²) in [7, 11) is 0. The first kappa shape index (κ1) is 18.9. The molecule has 2 aliphatic rings. The van der Waals surface area contributed by atoms with E-state index >= 15 is 0 Å². The van der Waals surface area contributed by atoms with Crippen LogP contribution in [0.2, 0.25) is 0 Å². The SMILES string of the molecule is O=C(CCN1c2ccccc2CCc2ccccc21)N1CCC(c2c[nH]cn2)CC1. The quantitative estimate of drug-likeness (QED) is 0.704. The van der Waals surface area contributed by atoms with Gasteiger partial charge in [0.15, 0.2) is 0 Å². The van der Waals surface area contributed by atoms with Crippen LogP contribution in [-0.4, -0.2) is 40.4 Å². The highest BCUT2D eigenvalue weighted by Crippen LogP contribution is 2.36. The number of rotatable bonds is 4. The van der Waals surface area contributed by atoms with E-state index in [1.807, 2.05) is 11.1 Å². The van der Waals surface area contributed by atoms with Gasteiger partial charge in [-0.25, -0.2) is 4.98 Å². The van der Waals surface area contributed by atoms with E-state index in [0.29, 0.717) is 18.9 Å². The Labute approximate surface area is 177 Å². The molecule has 0 saturated carbocycles. The number of carbonyl (C=O) groups is 1. The summed E-state index contributed by atoms with van der Waals surface area (Å²) in [5.74, 6) is 0.722. The second-order valence-electron chi connectivity index (χ2n) is 8.31. The van der Waals surface area contributed by atoms with Crippen LogP contribution >= 0.6 is 0 Å². The smallest absolute Gasteiger partial charge is 0.224 e. The fourth-order valence-corrected chi connectivity index (χ4v) is 4.90. The fraction of sp³-hybridized carbons (Fsp3) is 0.360. The van der Waals surface area contributed by atoms with Crippen molar-refractivity contribution in [2.24, 2.45) is 0 Å². The lowest BCUT2D eigenvalue weighted by Crippen LogP contribution is -2.39. The van der Waals surface area contributed by atoms with Crippen LogP contribution in [0.15, 0.2) is 61.1 Å². The third-order valence-electron chi connectivity index (χ3n) is 6.56. The zero-order valence-electron chi connectivity index (χ0n) is 17.3. The number of carbonyl (C=O) groups excluding carboxylic acids is 1. The number of benzene rings is 2. The van der Waals surface area contributed by atoms with Gasteiger partial charge in [0.05, 0.1) is 12.0 Å². The second-order valence-corrected chi connectivity index (χ2v) is 8.31. The van der Waals surface area contributed by atoms with E-state index in [2.05, 4.69) is 63.4 Å². The van der Waals surface area contributed by atoms with E-state index in [-0.39, 0.29) is 5.91 Å². The van der Waals surface area contributed by atoms with Crippen LogP contribution in [0, 0.1) is 0 Å². The van der Waals surface area contributed by atoms with Gasteiger partial charge in [0.1, 0.15) is 0 Å². The van der Waals surface area contributed by atoms with Crippen LogP contribution in [0.25, 0.3) is 0 Å². The normalized spacial score (nSPS) is 16.7. The van der Waals surface area contributed by atoms with Gasteiger partial charge in [0.25, 0.3) is 0 Å². The number of amides is 1. The minimum absolute atomic E-state index is 0.259. The Morgan fingerprint density at radius 3 is 2.20 bits per heavy atom. The molecule has 0 aliphatic carbocycles. The minimum Gasteiger partial charge on any atom is -0.351 e. The van der Waals surface area contributed by atoms with Crippen LogP contribution < -0.4 is 4.90 Å². The van der Waals surface area contributed by atoms with E-state index in [9.17, 15) is 4.79 Å². The fourth-order valence-electron chi connectivity index (χ4n) is 4.90. The molecule has 1 amide bonds. The third-order valence-corrected chi connectivity index (χ3v) is 6.56. The van der Waals surface area contributed by atoms with Crippen molar-refractivity contribution in [2.75, 3.05) is 24.5 Å². The summed E-state index contributed by atoms with van der Waals surface area (Å²) in [5, 5.41) is 0. The van der Waals surface area contributed by atoms with Crippen molar-refractivity contribution < 1.29 is 4.79 Å². The molecular weight excluding hydrogens is 372 g/mol. The molecule has 0 bridgehead atoms. The molecule has 1 saturated heterocycles. The summed E-state index contributed by atoms with van der Waals surface area (Å²) in [4.78, 5) is 24.9. The van der Waals surface area contributed by atoms with Gasteiger partial charge in [0.2, 0.25) is 5.91 Å². The number of imidazole rings is 1. The third kappa shape index (κ3) is 3.72. The predicted octanol–water partition coefficient (Wildman–Crippen LogP) is 4.44. The summed E-state index contributed by atoms with van der Waals surface area (Å²) < 4.78 is 0. The number of likely N-dealkylation sites (tertiary alicyclic amines) is 1. The Kier molecular flexibility index (Phi) is 5.26. The lowest BCUT2D eigenvalue weighted by molar-refractivity contribution is -0.132. The number of aromatic nitrogens is 2. The van der Waals surface area contributed by atoms with E-state index in [0.717, 1.165) is 44.5 Å². The first-order valence-electron chi connectivity index (χ1n) is 11.0. The van der Waals surface area contributed by atoms with E-state index < -0.39 is 0 Å². The Morgan fingerprint density at radius 1 is 0.967 bits per heavy atom. The summed E-state index contributed by atoms with van der Waals surface area (Å²) in [6.07, 6.45) is 8.32. The van der Waals surface area contributed by atoms with Crippen molar-refractivity contribution in [1.29, 1.82) is 0 Å². The highest BCUT2D eigenvalue weighted by Gasteiger charge is 2.26. The van der Waals surface area contributed by atoms with Crippen LogP contribution in [0.3, 0.4) is 0 Å². The van der Waals surface area contributed by atoms with Crippen LogP contribution in [0.4, 0.5) is 11.4 Å². The largest absolute Gasteiger partial charge is 0.351 e. The zero-order chi connectivity index (χ0) is 20.3. The van der Waals surface area contributed by atoms with Crippen molar-refractivity contribution in [3.05, 3.63) is 77.9 Å². The van der Waals surface area contributed by atoms with Gasteiger partial charge in [-0.05, 0) is 48.9 Å². The molecule has 5 nitrogen and oxygen atoms in total. The number of anilines is 2. The van der Waals surface area contributed by atoms with Crippen molar-refractivity contribution >= 4 is 17.3 Å². The lowest BCUT2D eigenvalue weighted by atomic mass is 9.94. The molecule has 5 heteroatoms. The number of nitrogens with zero attached hydrogens (tertiary/aromatic N) is 3. The molecular formula is C25H28N4O. The molecule has 154 valence electrons. The molecule has 2 aromatic carbocycles. The van der Waals surface area contributed by atoms with Gasteiger partial charge in [0, 0.05) is 49.5 Å². The molecule has 3 heterocycles. The lowest BCUT2D eigenvalue weighted by Gasteiger charge is -2.32. The average Bonchev–Trinajstić information content (AvgIpc) is 3.29. The summed E-state index contributed by atoms with van der Waals surface area (Å²) in [6, 6.07) is 17.2. The number of hydrogen-bond acceptors (Lipinski definition) is 3. The molecule has 0 atom stereocenters. The molecule has 0 radical (unpaired) electrons. The first-order valence-corrected chi connectivity index (χ1v) is 11.0. The maximum atomic E-state index is 13.0. The zero-order valence-corrected chi connectivity index (χ0v) is 17.3. The predicted molar refractivity (Wildman–Crippen MR) is 119 cm³/mol. The van der Waals surface area contributed by atoms with Gasteiger partial charge >= 0.3 is 0 Å². The molecule has 30 heavy (non-hydrogen) atoms. The van der Waals surface area contributed by atoms with Crippen LogP contribution in [-0.2, 0) is 17.6 Å². The highest BCUT2D eigenvalue weighted by molar-refractivity contribution is 5.78. The monoisotopic (exact) mass is 400 g/mol. The number of hydrogen-bond donors (Lipinski definition) is 1. The van der Waals surface area contributed by atoms with E-state index in [1.165, 1.54) is 22.5 Å². The average molecular weight is 401 g/mol. The minimum atomic E-state index is 0.259. The van der Waals surface area contributed by atoms with E-state index in [4.69, 9.17) is 0 Å². The molecule has 0 spiro atoms. The maximum Gasteiger partial charge on any atom is 0.224 e. The number of para-hydroxylation sites is 2. The van der Waals surface area contributed by atoms with Crippen LogP contribution in [0.1, 0.15) is 42.0 Å². The molecule has 1 aromatic heterocycles. The molecule has 3 aromatic rings. The Hall–Kier alpha value is -3.08. The van der Waals surface area contributed by atoms with Crippen LogP contribution in [0.5, 0.6) is 0 Å². The number of fused-ring (bicyclic) bond motifs is 2. The number of H-pyrrole nitrogens is 1. The standard InChI is InChI=1S/C25H28N4O/c30-25(28-14-11-19(12-15-28)22-17-26-18-27-22)13-16-29-23-7-3-1-5-20(23)9-10-21-6-2-4-8-24(21)29/h1-8,17-19H,9-16H2,(H,26,27). The second kappa shape index (κ2) is 8.34.